The molecule has 2 aromatic heterocycles. The molecule has 0 unspecified atom stereocenters. The van der Waals surface area contributed by atoms with E-state index >= 15 is 0 Å². The molecule has 0 atom stereocenters. The molecule has 0 aliphatic heterocycles. The van der Waals surface area contributed by atoms with Gasteiger partial charge in [0.05, 0.1) is 36.1 Å². The first-order chi connectivity index (χ1) is 14.6. The van der Waals surface area contributed by atoms with E-state index in [2.05, 4.69) is 20.1 Å². The number of aromatic nitrogens is 4. The fourth-order valence-corrected chi connectivity index (χ4v) is 3.56. The molecule has 0 fully saturated rings. The van der Waals surface area contributed by atoms with Gasteiger partial charge in [-0.3, -0.25) is 9.48 Å². The van der Waals surface area contributed by atoms with Crippen LogP contribution in [0.2, 0.25) is 0 Å². The number of fused-ring (bicyclic) bond motifs is 1. The van der Waals surface area contributed by atoms with Crippen LogP contribution in [0.3, 0.4) is 0 Å². The number of hydrogen-bond acceptors (Lipinski definition) is 5. The Bertz CT molecular complexity index is 1350. The molecule has 4 aromatic rings. The summed E-state index contributed by atoms with van der Waals surface area (Å²) in [5.74, 6) is 0.559. The molecule has 8 nitrogen and oxygen atoms in total. The molecule has 150 valence electrons. The van der Waals surface area contributed by atoms with E-state index in [9.17, 15) is 4.79 Å². The standard InChI is InChI=1S/C22H20N6O2/c1-4-30-20-8-6-14(10-18(20)24-2)21-17(12-25-28(21)3)13-5-7-15-16(9-13)19(11-23)26-27-22(15)29/h5-10,12H,4,11,23H2,1,3H3,(H,27,29). The van der Waals surface area contributed by atoms with Gasteiger partial charge in [0.25, 0.3) is 5.56 Å². The number of nitrogens with one attached hydrogen (secondary N) is 1. The van der Waals surface area contributed by atoms with E-state index < -0.39 is 0 Å². The molecule has 3 N–H and O–H groups in total. The number of aryl methyl sites for hydroxylation is 1. The van der Waals surface area contributed by atoms with Crippen LogP contribution in [-0.4, -0.2) is 26.6 Å². The molecule has 0 bridgehead atoms. The van der Waals surface area contributed by atoms with Crippen molar-refractivity contribution < 1.29 is 4.74 Å². The summed E-state index contributed by atoms with van der Waals surface area (Å²) in [6, 6.07) is 11.1. The van der Waals surface area contributed by atoms with Gasteiger partial charge in [-0.2, -0.15) is 10.2 Å². The molecule has 0 radical (unpaired) electrons. The molecule has 0 aliphatic rings. The van der Waals surface area contributed by atoms with Gasteiger partial charge in [-0.1, -0.05) is 12.1 Å². The molecule has 30 heavy (non-hydrogen) atoms. The molecular formula is C22H20N6O2. The molecule has 0 amide bonds. The normalized spacial score (nSPS) is 10.9. The first-order valence-corrected chi connectivity index (χ1v) is 9.45. The van der Waals surface area contributed by atoms with E-state index in [-0.39, 0.29) is 12.1 Å². The minimum Gasteiger partial charge on any atom is -0.505 e. The van der Waals surface area contributed by atoms with Crippen LogP contribution >= 0.6 is 0 Å². The highest BCUT2D eigenvalue weighted by Gasteiger charge is 2.16. The van der Waals surface area contributed by atoms with Gasteiger partial charge in [-0.15, -0.1) is 0 Å². The van der Waals surface area contributed by atoms with Crippen LogP contribution in [0.5, 0.6) is 5.75 Å². The summed E-state index contributed by atoms with van der Waals surface area (Å²) in [6.45, 7) is 10.1. The van der Waals surface area contributed by atoms with E-state index in [0.29, 0.717) is 34.5 Å². The molecule has 0 saturated heterocycles. The number of ether oxygens (including phenoxy) is 1. The minimum absolute atomic E-state index is 0.212. The van der Waals surface area contributed by atoms with Gasteiger partial charge < -0.3 is 10.5 Å². The van der Waals surface area contributed by atoms with Crippen molar-refractivity contribution in [1.29, 1.82) is 0 Å². The zero-order valence-corrected chi connectivity index (χ0v) is 16.6. The number of rotatable bonds is 5. The summed E-state index contributed by atoms with van der Waals surface area (Å²) >= 11 is 0. The molecule has 8 heteroatoms. The third-order valence-corrected chi connectivity index (χ3v) is 4.96. The molecule has 4 rings (SSSR count). The number of hydrogen-bond donors (Lipinski definition) is 2. The van der Waals surface area contributed by atoms with Crippen molar-refractivity contribution in [3.8, 4) is 28.1 Å². The monoisotopic (exact) mass is 400 g/mol. The van der Waals surface area contributed by atoms with Crippen molar-refractivity contribution in [2.75, 3.05) is 6.61 Å². The third-order valence-electron chi connectivity index (χ3n) is 4.96. The van der Waals surface area contributed by atoms with Gasteiger partial charge in [0.15, 0.2) is 0 Å². The van der Waals surface area contributed by atoms with Crippen LogP contribution in [0, 0.1) is 6.57 Å². The second kappa shape index (κ2) is 7.81. The Morgan fingerprint density at radius 3 is 2.73 bits per heavy atom. The van der Waals surface area contributed by atoms with Gasteiger partial charge >= 0.3 is 0 Å². The molecule has 2 aromatic carbocycles. The summed E-state index contributed by atoms with van der Waals surface area (Å²) in [5.41, 5.74) is 10.1. The molecular weight excluding hydrogens is 380 g/mol. The second-order valence-corrected chi connectivity index (χ2v) is 6.72. The highest BCUT2D eigenvalue weighted by atomic mass is 16.5. The number of nitrogens with two attached hydrogens (primary N) is 1. The Balaban J connectivity index is 1.90. The van der Waals surface area contributed by atoms with Crippen molar-refractivity contribution >= 4 is 16.5 Å². The average molecular weight is 400 g/mol. The van der Waals surface area contributed by atoms with Gasteiger partial charge in [-0.05, 0) is 42.3 Å². The second-order valence-electron chi connectivity index (χ2n) is 6.72. The van der Waals surface area contributed by atoms with Crippen LogP contribution in [-0.2, 0) is 13.6 Å². The van der Waals surface area contributed by atoms with Crippen molar-refractivity contribution in [3.05, 3.63) is 70.1 Å². The topological polar surface area (TPSA) is 103 Å². The first-order valence-electron chi connectivity index (χ1n) is 9.45. The van der Waals surface area contributed by atoms with Crippen molar-refractivity contribution in [3.63, 3.8) is 0 Å². The van der Waals surface area contributed by atoms with E-state index in [1.807, 2.05) is 32.2 Å². The Labute approximate surface area is 172 Å². The largest absolute Gasteiger partial charge is 0.505 e. The predicted molar refractivity (Wildman–Crippen MR) is 115 cm³/mol. The van der Waals surface area contributed by atoms with Crippen LogP contribution in [0.25, 0.3) is 38.0 Å². The van der Waals surface area contributed by atoms with Crippen LogP contribution < -0.4 is 16.0 Å². The predicted octanol–water partition coefficient (Wildman–Crippen LogP) is 3.40. The van der Waals surface area contributed by atoms with E-state index in [0.717, 1.165) is 22.4 Å². The SMILES string of the molecule is [C-]#[N+]c1cc(-c2c(-c3ccc4c(=O)[nH]nc(CN)c4c3)cnn2C)ccc1OCC. The highest BCUT2D eigenvalue weighted by Crippen LogP contribution is 2.37. The number of aromatic amines is 1. The molecule has 0 aliphatic carbocycles. The summed E-state index contributed by atoms with van der Waals surface area (Å²) in [7, 11) is 1.85. The minimum atomic E-state index is -0.256. The average Bonchev–Trinajstić information content (AvgIpc) is 3.15. The Morgan fingerprint density at radius 1 is 1.20 bits per heavy atom. The fraction of sp³-hybridized carbons (Fsp3) is 0.182. The quantitative estimate of drug-likeness (QED) is 0.500. The smallest absolute Gasteiger partial charge is 0.272 e. The van der Waals surface area contributed by atoms with Gasteiger partial charge in [0.1, 0.15) is 5.75 Å². The maximum atomic E-state index is 12.1. The maximum absolute atomic E-state index is 12.1. The van der Waals surface area contributed by atoms with Gasteiger partial charge in [-0.25, -0.2) is 9.94 Å². The summed E-state index contributed by atoms with van der Waals surface area (Å²) in [6.07, 6.45) is 1.77. The lowest BCUT2D eigenvalue weighted by molar-refractivity contribution is 0.342. The number of H-pyrrole nitrogens is 1. The Kier molecular flexibility index (Phi) is 5.04. The summed E-state index contributed by atoms with van der Waals surface area (Å²) in [4.78, 5) is 15.7. The highest BCUT2D eigenvalue weighted by molar-refractivity contribution is 5.91. The van der Waals surface area contributed by atoms with Crippen LogP contribution in [0.4, 0.5) is 5.69 Å². The zero-order chi connectivity index (χ0) is 21.3. The zero-order valence-electron chi connectivity index (χ0n) is 16.6. The van der Waals surface area contributed by atoms with Crippen molar-refractivity contribution in [2.45, 2.75) is 13.5 Å². The molecule has 2 heterocycles. The lowest BCUT2D eigenvalue weighted by Crippen LogP contribution is -2.13. The summed E-state index contributed by atoms with van der Waals surface area (Å²) in [5, 5.41) is 12.2. The lowest BCUT2D eigenvalue weighted by atomic mass is 9.98. The fourth-order valence-electron chi connectivity index (χ4n) is 3.56. The van der Waals surface area contributed by atoms with Crippen molar-refractivity contribution in [1.82, 2.24) is 20.0 Å². The van der Waals surface area contributed by atoms with Crippen LogP contribution in [0.1, 0.15) is 12.6 Å². The van der Waals surface area contributed by atoms with E-state index in [1.165, 1.54) is 0 Å². The number of benzene rings is 2. The Morgan fingerprint density at radius 2 is 2.00 bits per heavy atom. The van der Waals surface area contributed by atoms with Gasteiger partial charge in [0.2, 0.25) is 5.69 Å². The maximum Gasteiger partial charge on any atom is 0.272 e. The molecule has 0 saturated carbocycles. The summed E-state index contributed by atoms with van der Waals surface area (Å²) < 4.78 is 7.31. The Hall–Kier alpha value is -3.96. The third kappa shape index (κ3) is 3.21. The van der Waals surface area contributed by atoms with Crippen LogP contribution in [0.15, 0.2) is 47.4 Å². The van der Waals surface area contributed by atoms with E-state index in [4.69, 9.17) is 17.0 Å². The van der Waals surface area contributed by atoms with Crippen molar-refractivity contribution in [2.24, 2.45) is 12.8 Å². The lowest BCUT2D eigenvalue weighted by Gasteiger charge is -2.11. The van der Waals surface area contributed by atoms with Gasteiger partial charge in [0, 0.05) is 24.5 Å². The molecule has 0 spiro atoms. The number of nitrogens with zero attached hydrogens (tertiary/aromatic N) is 4. The first kappa shape index (κ1) is 19.4. The van der Waals surface area contributed by atoms with E-state index in [1.54, 1.807) is 29.1 Å².